The average Bonchev–Trinajstić information content (AvgIpc) is 2.53. The van der Waals surface area contributed by atoms with E-state index in [2.05, 4.69) is 15.0 Å². The number of nitrogen functional groups attached to an aromatic ring is 1. The molecule has 0 atom stereocenters. The zero-order valence-electron chi connectivity index (χ0n) is 12.1. The van der Waals surface area contributed by atoms with E-state index in [0.29, 0.717) is 29.2 Å². The van der Waals surface area contributed by atoms with Gasteiger partial charge in [-0.3, -0.25) is 0 Å². The van der Waals surface area contributed by atoms with Gasteiger partial charge in [0.1, 0.15) is 5.82 Å². The van der Waals surface area contributed by atoms with Crippen molar-refractivity contribution in [3.8, 4) is 17.1 Å². The smallest absolute Gasteiger partial charge is 0.245 e. The van der Waals surface area contributed by atoms with E-state index in [-0.39, 0.29) is 11.8 Å². The summed E-state index contributed by atoms with van der Waals surface area (Å²) in [6, 6.07) is 9.76. The van der Waals surface area contributed by atoms with Crippen LogP contribution in [0.15, 0.2) is 36.4 Å². The molecule has 0 aliphatic rings. The number of hydrogen-bond donors (Lipinski definition) is 1. The molecule has 0 aliphatic heterocycles. The third-order valence-corrected chi connectivity index (χ3v) is 3.11. The Balaban J connectivity index is 2.11. The van der Waals surface area contributed by atoms with Crippen molar-refractivity contribution in [1.29, 1.82) is 0 Å². The van der Waals surface area contributed by atoms with Crippen LogP contribution in [0, 0.1) is 5.82 Å². The molecule has 1 aromatic carbocycles. The van der Waals surface area contributed by atoms with Crippen molar-refractivity contribution in [2.75, 3.05) is 12.3 Å². The zero-order chi connectivity index (χ0) is 15.5. The minimum Gasteiger partial charge on any atom is -0.476 e. The number of aromatic nitrogens is 3. The van der Waals surface area contributed by atoms with Crippen LogP contribution in [-0.2, 0) is 0 Å². The van der Waals surface area contributed by atoms with Gasteiger partial charge >= 0.3 is 0 Å². The zero-order valence-corrected chi connectivity index (χ0v) is 12.1. The summed E-state index contributed by atoms with van der Waals surface area (Å²) < 4.78 is 18.6. The third kappa shape index (κ3) is 2.81. The van der Waals surface area contributed by atoms with Crippen molar-refractivity contribution < 1.29 is 9.13 Å². The maximum atomic E-state index is 13.0. The van der Waals surface area contributed by atoms with Gasteiger partial charge in [-0.2, -0.15) is 4.98 Å². The van der Waals surface area contributed by atoms with E-state index in [4.69, 9.17) is 10.5 Å². The van der Waals surface area contributed by atoms with Gasteiger partial charge in [-0.05, 0) is 42.8 Å². The van der Waals surface area contributed by atoms with Crippen LogP contribution >= 0.6 is 0 Å². The Bertz CT molecular complexity index is 805. The van der Waals surface area contributed by atoms with Crippen molar-refractivity contribution >= 4 is 17.0 Å². The minimum atomic E-state index is -0.285. The van der Waals surface area contributed by atoms with Gasteiger partial charge in [-0.15, -0.1) is 0 Å². The van der Waals surface area contributed by atoms with Crippen molar-refractivity contribution in [3.63, 3.8) is 0 Å². The summed E-state index contributed by atoms with van der Waals surface area (Å²) in [6.07, 6.45) is 0.850. The van der Waals surface area contributed by atoms with Crippen molar-refractivity contribution in [3.05, 3.63) is 42.2 Å². The fraction of sp³-hybridized carbons (Fsp3) is 0.188. The highest BCUT2D eigenvalue weighted by atomic mass is 19.1. The lowest BCUT2D eigenvalue weighted by atomic mass is 10.1. The van der Waals surface area contributed by atoms with Gasteiger partial charge in [0.2, 0.25) is 11.8 Å². The number of nitrogens with two attached hydrogens (primary N) is 1. The number of ether oxygens (including phenoxy) is 1. The molecule has 22 heavy (non-hydrogen) atoms. The normalized spacial score (nSPS) is 10.8. The third-order valence-electron chi connectivity index (χ3n) is 3.11. The second-order valence-electron chi connectivity index (χ2n) is 4.81. The van der Waals surface area contributed by atoms with E-state index in [1.165, 1.54) is 12.1 Å². The van der Waals surface area contributed by atoms with E-state index < -0.39 is 0 Å². The minimum absolute atomic E-state index is 0.148. The molecule has 0 aliphatic carbocycles. The molecule has 6 heteroatoms. The summed E-state index contributed by atoms with van der Waals surface area (Å²) in [5.41, 5.74) is 8.36. The first-order valence-corrected chi connectivity index (χ1v) is 7.00. The molecule has 0 saturated carbocycles. The molecular formula is C16H15FN4O. The van der Waals surface area contributed by atoms with E-state index in [1.54, 1.807) is 18.2 Å². The van der Waals surface area contributed by atoms with Gasteiger partial charge in [0.25, 0.3) is 0 Å². The van der Waals surface area contributed by atoms with E-state index in [0.717, 1.165) is 12.0 Å². The van der Waals surface area contributed by atoms with Crippen LogP contribution in [0.3, 0.4) is 0 Å². The summed E-state index contributed by atoms with van der Waals surface area (Å²) in [4.78, 5) is 12.8. The van der Waals surface area contributed by atoms with Gasteiger partial charge in [0, 0.05) is 5.56 Å². The number of anilines is 1. The molecule has 2 heterocycles. The largest absolute Gasteiger partial charge is 0.476 e. The molecule has 0 bridgehead atoms. The first kappa shape index (κ1) is 14.2. The number of pyridine rings is 1. The maximum absolute atomic E-state index is 13.0. The SMILES string of the molecule is CCCOc1nc(N)nc2ccc(-c3ccc(F)cc3)nc12. The second-order valence-corrected chi connectivity index (χ2v) is 4.81. The van der Waals surface area contributed by atoms with Crippen LogP contribution in [0.4, 0.5) is 10.3 Å². The summed E-state index contributed by atoms with van der Waals surface area (Å²) in [5.74, 6) is 0.232. The fourth-order valence-corrected chi connectivity index (χ4v) is 2.09. The molecule has 3 rings (SSSR count). The predicted molar refractivity (Wildman–Crippen MR) is 82.9 cm³/mol. The molecule has 5 nitrogen and oxygen atoms in total. The second kappa shape index (κ2) is 5.93. The van der Waals surface area contributed by atoms with Crippen molar-refractivity contribution in [1.82, 2.24) is 15.0 Å². The molecule has 112 valence electrons. The van der Waals surface area contributed by atoms with Crippen molar-refractivity contribution in [2.45, 2.75) is 13.3 Å². The Morgan fingerprint density at radius 3 is 2.55 bits per heavy atom. The summed E-state index contributed by atoms with van der Waals surface area (Å²) >= 11 is 0. The lowest BCUT2D eigenvalue weighted by molar-refractivity contribution is 0.309. The Kier molecular flexibility index (Phi) is 3.82. The van der Waals surface area contributed by atoms with Gasteiger partial charge in [0.05, 0.1) is 17.8 Å². The Morgan fingerprint density at radius 1 is 1.05 bits per heavy atom. The molecule has 2 N–H and O–H groups in total. The molecule has 0 radical (unpaired) electrons. The molecule has 2 aromatic heterocycles. The lowest BCUT2D eigenvalue weighted by Gasteiger charge is -2.09. The van der Waals surface area contributed by atoms with Crippen LogP contribution < -0.4 is 10.5 Å². The Hall–Kier alpha value is -2.76. The summed E-state index contributed by atoms with van der Waals surface area (Å²) in [5, 5.41) is 0. The molecular weight excluding hydrogens is 283 g/mol. The Morgan fingerprint density at radius 2 is 1.82 bits per heavy atom. The fourth-order valence-electron chi connectivity index (χ4n) is 2.09. The van der Waals surface area contributed by atoms with Gasteiger partial charge < -0.3 is 10.5 Å². The quantitative estimate of drug-likeness (QED) is 0.800. The van der Waals surface area contributed by atoms with E-state index in [9.17, 15) is 4.39 Å². The van der Waals surface area contributed by atoms with Crippen LogP contribution in [-0.4, -0.2) is 21.6 Å². The number of halogens is 1. The highest BCUT2D eigenvalue weighted by Crippen LogP contribution is 2.26. The molecule has 3 aromatic rings. The monoisotopic (exact) mass is 298 g/mol. The number of rotatable bonds is 4. The van der Waals surface area contributed by atoms with E-state index >= 15 is 0 Å². The van der Waals surface area contributed by atoms with E-state index in [1.807, 2.05) is 13.0 Å². The number of fused-ring (bicyclic) bond motifs is 1. The molecule has 0 spiro atoms. The van der Waals surface area contributed by atoms with Crippen LogP contribution in [0.5, 0.6) is 5.88 Å². The molecule has 0 amide bonds. The summed E-state index contributed by atoms with van der Waals surface area (Å²) in [7, 11) is 0. The summed E-state index contributed by atoms with van der Waals surface area (Å²) in [6.45, 7) is 2.53. The lowest BCUT2D eigenvalue weighted by Crippen LogP contribution is -2.04. The van der Waals surface area contributed by atoms with Gasteiger partial charge in [-0.1, -0.05) is 6.92 Å². The molecule has 0 saturated heterocycles. The van der Waals surface area contributed by atoms with Crippen LogP contribution in [0.2, 0.25) is 0 Å². The van der Waals surface area contributed by atoms with Gasteiger partial charge in [-0.25, -0.2) is 14.4 Å². The standard InChI is InChI=1S/C16H15FN4O/c1-2-9-22-15-14-13(20-16(18)21-15)8-7-12(19-14)10-3-5-11(17)6-4-10/h3-8H,2,9H2,1H3,(H2,18,20,21). The first-order chi connectivity index (χ1) is 10.7. The number of hydrogen-bond acceptors (Lipinski definition) is 5. The first-order valence-electron chi connectivity index (χ1n) is 7.00. The van der Waals surface area contributed by atoms with Crippen LogP contribution in [0.25, 0.3) is 22.3 Å². The Labute approximate surface area is 127 Å². The molecule has 0 fully saturated rings. The maximum Gasteiger partial charge on any atom is 0.245 e. The number of benzene rings is 1. The number of nitrogens with zero attached hydrogens (tertiary/aromatic N) is 3. The van der Waals surface area contributed by atoms with Crippen molar-refractivity contribution in [2.24, 2.45) is 0 Å². The van der Waals surface area contributed by atoms with Gasteiger partial charge in [0.15, 0.2) is 5.52 Å². The topological polar surface area (TPSA) is 73.9 Å². The predicted octanol–water partition coefficient (Wildman–Crippen LogP) is 3.20. The van der Waals surface area contributed by atoms with Crippen LogP contribution in [0.1, 0.15) is 13.3 Å². The molecule has 0 unspecified atom stereocenters. The highest BCUT2D eigenvalue weighted by Gasteiger charge is 2.11. The average molecular weight is 298 g/mol. The highest BCUT2D eigenvalue weighted by molar-refractivity contribution is 5.83.